The lowest BCUT2D eigenvalue weighted by molar-refractivity contribution is 0.103. The highest BCUT2D eigenvalue weighted by atomic mass is 32.2. The van der Waals surface area contributed by atoms with Gasteiger partial charge in [0.2, 0.25) is 10.0 Å². The fourth-order valence-corrected chi connectivity index (χ4v) is 4.34. The Balaban J connectivity index is 1.75. The number of nitrogens with zero attached hydrogens (tertiary/aromatic N) is 1. The molecule has 146 valence electrons. The van der Waals surface area contributed by atoms with Crippen LogP contribution in [-0.4, -0.2) is 19.3 Å². The zero-order chi connectivity index (χ0) is 20.3. The lowest BCUT2D eigenvalue weighted by Gasteiger charge is -2.05. The van der Waals surface area contributed by atoms with E-state index in [9.17, 15) is 13.2 Å². The van der Waals surface area contributed by atoms with E-state index in [-0.39, 0.29) is 11.7 Å². The average molecular weight is 416 g/mol. The molecule has 0 unspecified atom stereocenters. The first-order valence-corrected chi connectivity index (χ1v) is 11.3. The van der Waals surface area contributed by atoms with Crippen LogP contribution in [0, 0.1) is 6.92 Å². The Morgan fingerprint density at radius 3 is 2.25 bits per heavy atom. The molecule has 1 heterocycles. The van der Waals surface area contributed by atoms with Crippen molar-refractivity contribution in [3.63, 3.8) is 0 Å². The van der Waals surface area contributed by atoms with Crippen molar-refractivity contribution in [1.82, 2.24) is 4.98 Å². The number of primary sulfonamides is 1. The highest BCUT2D eigenvalue weighted by molar-refractivity contribution is 7.88. The molecule has 0 aliphatic rings. The van der Waals surface area contributed by atoms with Gasteiger partial charge in [-0.05, 0) is 36.6 Å². The minimum absolute atomic E-state index is 0.241. The van der Waals surface area contributed by atoms with Crippen LogP contribution < -0.4 is 10.5 Å². The fourth-order valence-electron chi connectivity index (χ4n) is 2.72. The Labute approximate surface area is 168 Å². The maximum atomic E-state index is 12.6. The molecule has 6 nitrogen and oxygen atoms in total. The van der Waals surface area contributed by atoms with Crippen molar-refractivity contribution in [1.29, 1.82) is 0 Å². The minimum atomic E-state index is -3.58. The van der Waals surface area contributed by atoms with Crippen molar-refractivity contribution in [2.75, 3.05) is 5.32 Å². The molecule has 0 saturated carbocycles. The Morgan fingerprint density at radius 1 is 1.07 bits per heavy atom. The molecule has 0 atom stereocenters. The fraction of sp³-hybridized carbons (Fsp3) is 0.200. The highest BCUT2D eigenvalue weighted by Crippen LogP contribution is 2.29. The van der Waals surface area contributed by atoms with Crippen LogP contribution in [0.2, 0.25) is 0 Å². The van der Waals surface area contributed by atoms with Gasteiger partial charge in [0.25, 0.3) is 5.91 Å². The predicted octanol–water partition coefficient (Wildman–Crippen LogP) is 3.72. The van der Waals surface area contributed by atoms with Gasteiger partial charge in [-0.25, -0.2) is 18.5 Å². The monoisotopic (exact) mass is 415 g/mol. The molecular weight excluding hydrogens is 394 g/mol. The standard InChI is InChI=1S/C20H21N3O3S2/c1-3-14-4-8-16(9-5-14)20-22-13(2)18(27-20)19(24)23-17-10-6-15(7-11-17)12-28(21,25)26/h4-11H,3,12H2,1-2H3,(H,23,24)(H2,21,25,26). The summed E-state index contributed by atoms with van der Waals surface area (Å²) in [5.41, 5.74) is 4.04. The van der Waals surface area contributed by atoms with Crippen LogP contribution >= 0.6 is 11.3 Å². The molecule has 3 aromatic rings. The van der Waals surface area contributed by atoms with Crippen LogP contribution in [0.1, 0.15) is 33.4 Å². The largest absolute Gasteiger partial charge is 0.321 e. The number of sulfonamides is 1. The molecule has 3 rings (SSSR count). The molecule has 1 amide bonds. The van der Waals surface area contributed by atoms with Crippen molar-refractivity contribution in [3.05, 3.63) is 70.2 Å². The average Bonchev–Trinajstić information content (AvgIpc) is 3.04. The molecule has 0 bridgehead atoms. The number of rotatable bonds is 6. The molecule has 0 aliphatic carbocycles. The number of nitrogens with one attached hydrogen (secondary N) is 1. The summed E-state index contributed by atoms with van der Waals surface area (Å²) >= 11 is 1.35. The third kappa shape index (κ3) is 5.03. The van der Waals surface area contributed by atoms with E-state index in [0.717, 1.165) is 17.0 Å². The Kier molecular flexibility index (Phi) is 5.93. The van der Waals surface area contributed by atoms with Gasteiger partial charge in [-0.15, -0.1) is 11.3 Å². The minimum Gasteiger partial charge on any atom is -0.321 e. The zero-order valence-corrected chi connectivity index (χ0v) is 17.2. The first-order chi connectivity index (χ1) is 13.2. The number of thiazole rings is 1. The molecule has 2 aromatic carbocycles. The number of hydrogen-bond donors (Lipinski definition) is 2. The number of carbonyl (C=O) groups excluding carboxylic acids is 1. The van der Waals surface area contributed by atoms with Gasteiger partial charge in [0.1, 0.15) is 9.88 Å². The molecular formula is C20H21N3O3S2. The number of nitrogens with two attached hydrogens (primary N) is 1. The number of carbonyl (C=O) groups is 1. The smallest absolute Gasteiger partial charge is 0.267 e. The van der Waals surface area contributed by atoms with Gasteiger partial charge < -0.3 is 5.32 Å². The van der Waals surface area contributed by atoms with Gasteiger partial charge in [-0.3, -0.25) is 4.79 Å². The second kappa shape index (κ2) is 8.22. The maximum absolute atomic E-state index is 12.6. The number of aryl methyl sites for hydroxylation is 2. The van der Waals surface area contributed by atoms with Crippen molar-refractivity contribution < 1.29 is 13.2 Å². The van der Waals surface area contributed by atoms with Crippen molar-refractivity contribution in [2.24, 2.45) is 5.14 Å². The second-order valence-corrected chi connectivity index (χ2v) is 9.06. The predicted molar refractivity (Wildman–Crippen MR) is 113 cm³/mol. The summed E-state index contributed by atoms with van der Waals surface area (Å²) in [7, 11) is -3.58. The second-order valence-electron chi connectivity index (χ2n) is 6.44. The molecule has 0 aliphatic heterocycles. The van der Waals surface area contributed by atoms with Crippen LogP contribution in [-0.2, 0) is 22.2 Å². The first-order valence-electron chi connectivity index (χ1n) is 8.72. The summed E-state index contributed by atoms with van der Waals surface area (Å²) in [4.78, 5) is 17.7. The summed E-state index contributed by atoms with van der Waals surface area (Å²) in [6, 6.07) is 14.7. The van der Waals surface area contributed by atoms with Crippen LogP contribution in [0.5, 0.6) is 0 Å². The maximum Gasteiger partial charge on any atom is 0.267 e. The van der Waals surface area contributed by atoms with Crippen LogP contribution in [0.4, 0.5) is 5.69 Å². The molecule has 0 saturated heterocycles. The molecule has 8 heteroatoms. The molecule has 1 aromatic heterocycles. The normalized spacial score (nSPS) is 11.4. The number of hydrogen-bond acceptors (Lipinski definition) is 5. The van der Waals surface area contributed by atoms with E-state index in [1.165, 1.54) is 16.9 Å². The van der Waals surface area contributed by atoms with E-state index >= 15 is 0 Å². The van der Waals surface area contributed by atoms with Gasteiger partial charge in [-0.1, -0.05) is 43.3 Å². The van der Waals surface area contributed by atoms with Gasteiger partial charge in [0.05, 0.1) is 11.4 Å². The third-order valence-corrected chi connectivity index (χ3v) is 6.13. The molecule has 3 N–H and O–H groups in total. The summed E-state index contributed by atoms with van der Waals surface area (Å²) < 4.78 is 22.3. The number of anilines is 1. The van der Waals surface area contributed by atoms with E-state index < -0.39 is 10.0 Å². The van der Waals surface area contributed by atoms with Gasteiger partial charge in [-0.2, -0.15) is 0 Å². The Morgan fingerprint density at radius 2 is 1.68 bits per heavy atom. The summed E-state index contributed by atoms with van der Waals surface area (Å²) in [6.07, 6.45) is 0.973. The van der Waals surface area contributed by atoms with E-state index in [1.54, 1.807) is 24.3 Å². The van der Waals surface area contributed by atoms with Crippen molar-refractivity contribution in [2.45, 2.75) is 26.0 Å². The van der Waals surface area contributed by atoms with Crippen LogP contribution in [0.3, 0.4) is 0 Å². The zero-order valence-electron chi connectivity index (χ0n) is 15.6. The van der Waals surface area contributed by atoms with Gasteiger partial charge in [0, 0.05) is 11.3 Å². The van der Waals surface area contributed by atoms with Gasteiger partial charge in [0.15, 0.2) is 0 Å². The summed E-state index contributed by atoms with van der Waals surface area (Å²) in [5, 5.41) is 8.66. The van der Waals surface area contributed by atoms with Gasteiger partial charge >= 0.3 is 0 Å². The highest BCUT2D eigenvalue weighted by Gasteiger charge is 2.16. The number of benzene rings is 2. The quantitative estimate of drug-likeness (QED) is 0.640. The number of amides is 1. The van der Waals surface area contributed by atoms with Crippen molar-refractivity contribution in [3.8, 4) is 10.6 Å². The number of aromatic nitrogens is 1. The molecule has 28 heavy (non-hydrogen) atoms. The van der Waals surface area contributed by atoms with E-state index in [1.807, 2.05) is 19.1 Å². The molecule has 0 radical (unpaired) electrons. The van der Waals surface area contributed by atoms with Crippen LogP contribution in [0.25, 0.3) is 10.6 Å². The lowest BCUT2D eigenvalue weighted by atomic mass is 10.1. The summed E-state index contributed by atoms with van der Waals surface area (Å²) in [6.45, 7) is 3.91. The van der Waals surface area contributed by atoms with Crippen LogP contribution in [0.15, 0.2) is 48.5 Å². The Hall–Kier alpha value is -2.55. The molecule has 0 fully saturated rings. The summed E-state index contributed by atoms with van der Waals surface area (Å²) in [5.74, 6) is -0.486. The SMILES string of the molecule is CCc1ccc(-c2nc(C)c(C(=O)Nc3ccc(CS(N)(=O)=O)cc3)s2)cc1. The molecule has 0 spiro atoms. The topological polar surface area (TPSA) is 102 Å². The Bertz CT molecular complexity index is 1090. The van der Waals surface area contributed by atoms with E-state index in [2.05, 4.69) is 29.4 Å². The lowest BCUT2D eigenvalue weighted by Crippen LogP contribution is -2.14. The van der Waals surface area contributed by atoms with E-state index in [4.69, 9.17) is 5.14 Å². The first kappa shape index (κ1) is 20.2. The van der Waals surface area contributed by atoms with Crippen molar-refractivity contribution >= 4 is 33.0 Å². The third-order valence-electron chi connectivity index (χ3n) is 4.19. The van der Waals surface area contributed by atoms with E-state index in [0.29, 0.717) is 21.8 Å².